The Morgan fingerprint density at radius 2 is 2.04 bits per heavy atom. The second-order valence-electron chi connectivity index (χ2n) is 5.43. The zero-order valence-electron chi connectivity index (χ0n) is 13.2. The molecule has 0 atom stereocenters. The highest BCUT2D eigenvalue weighted by atomic mass is 32.1. The Morgan fingerprint density at radius 3 is 2.79 bits per heavy atom. The Labute approximate surface area is 144 Å². The third-order valence-corrected chi connectivity index (χ3v) is 4.51. The predicted octanol–water partition coefficient (Wildman–Crippen LogP) is 2.72. The number of pyridine rings is 1. The fourth-order valence-corrected chi connectivity index (χ4v) is 3.11. The molecule has 0 unspecified atom stereocenters. The van der Waals surface area contributed by atoms with E-state index < -0.39 is 0 Å². The minimum atomic E-state index is -0.375. The van der Waals surface area contributed by atoms with Crippen molar-refractivity contribution >= 4 is 17.2 Å². The van der Waals surface area contributed by atoms with Crippen LogP contribution >= 0.6 is 11.3 Å². The first kappa shape index (κ1) is 16.1. The molecular formula is C18H17N3O2S. The zero-order chi connectivity index (χ0) is 16.9. The summed E-state index contributed by atoms with van der Waals surface area (Å²) in [4.78, 5) is 16.6. The van der Waals surface area contributed by atoms with Gasteiger partial charge in [-0.05, 0) is 13.0 Å². The number of benzene rings is 1. The lowest BCUT2D eigenvalue weighted by atomic mass is 10.2. The topological polar surface area (TPSA) is 68.9 Å². The van der Waals surface area contributed by atoms with Gasteiger partial charge < -0.3 is 10.5 Å². The number of carbonyl (C=O) groups excluding carboxylic acids is 1. The van der Waals surface area contributed by atoms with Crippen LogP contribution in [0.3, 0.4) is 0 Å². The molecule has 5 nitrogen and oxygen atoms in total. The summed E-state index contributed by atoms with van der Waals surface area (Å²) in [7, 11) is 0. The first-order valence-electron chi connectivity index (χ1n) is 7.61. The van der Waals surface area contributed by atoms with Crippen molar-refractivity contribution in [3.05, 3.63) is 76.2 Å². The average Bonchev–Trinajstić information content (AvgIpc) is 3.04. The molecule has 0 saturated carbocycles. The van der Waals surface area contributed by atoms with Crippen molar-refractivity contribution in [2.24, 2.45) is 0 Å². The van der Waals surface area contributed by atoms with Crippen LogP contribution in [-0.2, 0) is 6.42 Å². The highest BCUT2D eigenvalue weighted by molar-refractivity contribution is 7.13. The van der Waals surface area contributed by atoms with Crippen LogP contribution in [0.15, 0.2) is 54.0 Å². The molecule has 0 saturated heterocycles. The standard InChI is InChI=1S/C18H17N3O2S/c1-13-5-7-14(8-6-13)18-20-15(12-24-18)9-10-19-17(22)16-4-2-3-11-21(16)23/h2-8,11-12H,9-10H2,1H3,(H,19,22). The highest BCUT2D eigenvalue weighted by Gasteiger charge is 2.14. The number of rotatable bonds is 5. The van der Waals surface area contributed by atoms with Gasteiger partial charge in [-0.3, -0.25) is 4.79 Å². The van der Waals surface area contributed by atoms with E-state index in [0.717, 1.165) is 16.3 Å². The molecule has 2 aromatic heterocycles. The van der Waals surface area contributed by atoms with Crippen LogP contribution in [0.1, 0.15) is 21.7 Å². The van der Waals surface area contributed by atoms with Gasteiger partial charge in [-0.25, -0.2) is 4.98 Å². The smallest absolute Gasteiger partial charge is 0.317 e. The van der Waals surface area contributed by atoms with Crippen molar-refractivity contribution in [1.82, 2.24) is 10.3 Å². The van der Waals surface area contributed by atoms with Gasteiger partial charge >= 0.3 is 5.91 Å². The third kappa shape index (κ3) is 3.78. The number of aryl methyl sites for hydroxylation is 1. The molecule has 1 N–H and O–H groups in total. The zero-order valence-corrected chi connectivity index (χ0v) is 14.0. The molecule has 3 rings (SSSR count). The van der Waals surface area contributed by atoms with E-state index in [1.54, 1.807) is 23.5 Å². The second-order valence-corrected chi connectivity index (χ2v) is 6.29. The molecule has 0 fully saturated rings. The number of aromatic nitrogens is 2. The third-order valence-electron chi connectivity index (χ3n) is 3.57. The van der Waals surface area contributed by atoms with Gasteiger partial charge in [0.25, 0.3) is 5.69 Å². The number of carbonyl (C=O) groups is 1. The Morgan fingerprint density at radius 1 is 1.25 bits per heavy atom. The summed E-state index contributed by atoms with van der Waals surface area (Å²) < 4.78 is 0.563. The lowest BCUT2D eigenvalue weighted by Gasteiger charge is -2.04. The van der Waals surface area contributed by atoms with Gasteiger partial charge in [0.2, 0.25) is 0 Å². The summed E-state index contributed by atoms with van der Waals surface area (Å²) in [5.74, 6) is -0.375. The Hall–Kier alpha value is -2.73. The molecule has 6 heteroatoms. The lowest BCUT2D eigenvalue weighted by Crippen LogP contribution is -2.39. The normalized spacial score (nSPS) is 10.5. The molecule has 24 heavy (non-hydrogen) atoms. The molecule has 3 aromatic rings. The molecule has 122 valence electrons. The van der Waals surface area contributed by atoms with Crippen LogP contribution in [0.25, 0.3) is 10.6 Å². The molecule has 2 heterocycles. The van der Waals surface area contributed by atoms with E-state index in [1.807, 2.05) is 5.38 Å². The minimum absolute atomic E-state index is 0.0936. The molecule has 1 aromatic carbocycles. The van der Waals surface area contributed by atoms with Crippen molar-refractivity contribution in [1.29, 1.82) is 0 Å². The van der Waals surface area contributed by atoms with Crippen LogP contribution < -0.4 is 10.0 Å². The molecule has 1 amide bonds. The first-order chi connectivity index (χ1) is 11.6. The first-order valence-corrected chi connectivity index (χ1v) is 8.49. The van der Waals surface area contributed by atoms with Gasteiger partial charge in [0.05, 0.1) is 5.69 Å². The summed E-state index contributed by atoms with van der Waals surface area (Å²) in [6.07, 6.45) is 1.93. The molecule has 0 spiro atoms. The average molecular weight is 339 g/mol. The van der Waals surface area contributed by atoms with E-state index in [1.165, 1.54) is 17.8 Å². The van der Waals surface area contributed by atoms with E-state index in [-0.39, 0.29) is 11.6 Å². The largest absolute Gasteiger partial charge is 0.618 e. The van der Waals surface area contributed by atoms with Crippen molar-refractivity contribution in [2.45, 2.75) is 13.3 Å². The van der Waals surface area contributed by atoms with E-state index in [0.29, 0.717) is 17.7 Å². The monoisotopic (exact) mass is 339 g/mol. The summed E-state index contributed by atoms with van der Waals surface area (Å²) in [5, 5.41) is 17.2. The molecule has 0 radical (unpaired) electrons. The van der Waals surface area contributed by atoms with E-state index in [2.05, 4.69) is 41.5 Å². The summed E-state index contributed by atoms with van der Waals surface area (Å²) in [6.45, 7) is 2.49. The van der Waals surface area contributed by atoms with Crippen molar-refractivity contribution in [2.75, 3.05) is 6.54 Å². The molecule has 0 aliphatic carbocycles. The van der Waals surface area contributed by atoms with Crippen molar-refractivity contribution < 1.29 is 9.52 Å². The van der Waals surface area contributed by atoms with Crippen LogP contribution in [0, 0.1) is 12.1 Å². The van der Waals surface area contributed by atoms with Gasteiger partial charge in [0.15, 0.2) is 6.20 Å². The van der Waals surface area contributed by atoms with Gasteiger partial charge in [-0.15, -0.1) is 11.3 Å². The Balaban J connectivity index is 1.57. The van der Waals surface area contributed by atoms with Gasteiger partial charge in [-0.2, -0.15) is 4.73 Å². The van der Waals surface area contributed by atoms with E-state index in [4.69, 9.17) is 0 Å². The van der Waals surface area contributed by atoms with Crippen LogP contribution in [-0.4, -0.2) is 17.4 Å². The Kier molecular flexibility index (Phi) is 4.86. The number of nitrogens with zero attached hydrogens (tertiary/aromatic N) is 2. The van der Waals surface area contributed by atoms with Crippen molar-refractivity contribution in [3.63, 3.8) is 0 Å². The summed E-state index contributed by atoms with van der Waals surface area (Å²) >= 11 is 1.59. The lowest BCUT2D eigenvalue weighted by molar-refractivity contribution is -0.607. The molecular weight excluding hydrogens is 322 g/mol. The van der Waals surface area contributed by atoms with Crippen LogP contribution in [0.4, 0.5) is 0 Å². The SMILES string of the molecule is Cc1ccc(-c2nc(CCNC(=O)c3cccc[n+]3[O-])cs2)cc1. The maximum absolute atomic E-state index is 12.0. The number of thiazole rings is 1. The van der Waals surface area contributed by atoms with E-state index >= 15 is 0 Å². The molecule has 0 aliphatic heterocycles. The highest BCUT2D eigenvalue weighted by Crippen LogP contribution is 2.24. The molecule has 0 bridgehead atoms. The maximum atomic E-state index is 12.0. The van der Waals surface area contributed by atoms with Gasteiger partial charge in [-0.1, -0.05) is 29.8 Å². The molecule has 0 aliphatic rings. The fraction of sp³-hybridized carbons (Fsp3) is 0.167. The van der Waals surface area contributed by atoms with Crippen LogP contribution in [0.5, 0.6) is 0 Å². The quantitative estimate of drug-likeness (QED) is 0.574. The summed E-state index contributed by atoms with van der Waals surface area (Å²) in [6, 6.07) is 13.0. The second kappa shape index (κ2) is 7.23. The Bertz CT molecular complexity index is 843. The van der Waals surface area contributed by atoms with Crippen LogP contribution in [0.2, 0.25) is 0 Å². The van der Waals surface area contributed by atoms with Crippen molar-refractivity contribution in [3.8, 4) is 10.6 Å². The van der Waals surface area contributed by atoms with Gasteiger partial charge in [0.1, 0.15) is 5.01 Å². The van der Waals surface area contributed by atoms with E-state index in [9.17, 15) is 10.0 Å². The number of nitrogens with one attached hydrogen (secondary N) is 1. The summed E-state index contributed by atoms with van der Waals surface area (Å²) in [5.41, 5.74) is 3.34. The number of hydrogen-bond donors (Lipinski definition) is 1. The maximum Gasteiger partial charge on any atom is 0.317 e. The fourth-order valence-electron chi connectivity index (χ4n) is 2.25. The van der Waals surface area contributed by atoms with Gasteiger partial charge in [0, 0.05) is 36.0 Å². The minimum Gasteiger partial charge on any atom is -0.618 e. The predicted molar refractivity (Wildman–Crippen MR) is 93.7 cm³/mol. The number of amides is 1. The number of hydrogen-bond acceptors (Lipinski definition) is 4.